The molecule has 0 aromatic heterocycles. The fourth-order valence-corrected chi connectivity index (χ4v) is 3.71. The van der Waals surface area contributed by atoms with Crippen molar-refractivity contribution in [3.05, 3.63) is 70.2 Å². The normalized spacial score (nSPS) is 24.8. The maximum absolute atomic E-state index is 13.8. The number of aliphatic hydroxyl groups is 1. The third-order valence-electron chi connectivity index (χ3n) is 4.94. The van der Waals surface area contributed by atoms with Gasteiger partial charge in [0, 0.05) is 29.8 Å². The summed E-state index contributed by atoms with van der Waals surface area (Å²) in [6.45, 7) is 1.65. The third-order valence-corrected chi connectivity index (χ3v) is 5.19. The van der Waals surface area contributed by atoms with Crippen LogP contribution in [-0.4, -0.2) is 23.2 Å². The number of aliphatic hydroxyl groups excluding tert-OH is 1. The highest BCUT2D eigenvalue weighted by molar-refractivity contribution is 6.30. The summed E-state index contributed by atoms with van der Waals surface area (Å²) >= 11 is 5.97. The van der Waals surface area contributed by atoms with Crippen molar-refractivity contribution in [2.75, 3.05) is 6.61 Å². The molecule has 3 atom stereocenters. The van der Waals surface area contributed by atoms with Crippen LogP contribution in [0.25, 0.3) is 0 Å². The molecule has 150 valence electrons. The lowest BCUT2D eigenvalue weighted by Crippen LogP contribution is -2.51. The summed E-state index contributed by atoms with van der Waals surface area (Å²) in [7, 11) is 0. The maximum Gasteiger partial charge on any atom is 0.222 e. The van der Waals surface area contributed by atoms with E-state index in [2.05, 4.69) is 5.32 Å². The molecule has 1 heterocycles. The number of nitrogens with one attached hydrogen (secondary N) is 1. The van der Waals surface area contributed by atoms with E-state index >= 15 is 0 Å². The van der Waals surface area contributed by atoms with Gasteiger partial charge in [-0.2, -0.15) is 0 Å². The van der Waals surface area contributed by atoms with E-state index in [9.17, 15) is 13.6 Å². The van der Waals surface area contributed by atoms with Gasteiger partial charge in [-0.05, 0) is 42.3 Å². The lowest BCUT2D eigenvalue weighted by molar-refractivity contribution is -0.129. The summed E-state index contributed by atoms with van der Waals surface area (Å²) in [6, 6.07) is 10.9. The van der Waals surface area contributed by atoms with Gasteiger partial charge in [0.25, 0.3) is 0 Å². The Hall–Kier alpha value is -2.02. The summed E-state index contributed by atoms with van der Waals surface area (Å²) in [4.78, 5) is 12.1. The van der Waals surface area contributed by atoms with Crippen LogP contribution in [0.15, 0.2) is 42.5 Å². The summed E-state index contributed by atoms with van der Waals surface area (Å²) in [5.41, 5.74) is 0.726. The molecule has 0 spiro atoms. The Bertz CT molecular complexity index is 846. The molecule has 28 heavy (non-hydrogen) atoms. The lowest BCUT2D eigenvalue weighted by Gasteiger charge is -2.43. The molecule has 3 rings (SSSR count). The highest BCUT2D eigenvalue weighted by Gasteiger charge is 2.40. The van der Waals surface area contributed by atoms with Crippen molar-refractivity contribution < 1.29 is 23.4 Å². The Morgan fingerprint density at radius 3 is 2.36 bits per heavy atom. The topological polar surface area (TPSA) is 58.6 Å². The fraction of sp³-hybridized carbons (Fsp3) is 0.381. The Morgan fingerprint density at radius 2 is 1.75 bits per heavy atom. The van der Waals surface area contributed by atoms with Crippen LogP contribution >= 0.6 is 11.6 Å². The number of halogens is 3. The zero-order chi connectivity index (χ0) is 20.3. The van der Waals surface area contributed by atoms with Gasteiger partial charge in [0.2, 0.25) is 5.91 Å². The van der Waals surface area contributed by atoms with Crippen molar-refractivity contribution in [3.63, 3.8) is 0 Å². The summed E-state index contributed by atoms with van der Waals surface area (Å²) in [5.74, 6) is -2.14. The molecule has 2 N–H and O–H groups in total. The number of amides is 1. The van der Waals surface area contributed by atoms with E-state index in [0.717, 1.165) is 17.7 Å². The Kier molecular flexibility index (Phi) is 6.33. The van der Waals surface area contributed by atoms with Gasteiger partial charge in [0.1, 0.15) is 0 Å². The predicted octanol–water partition coefficient (Wildman–Crippen LogP) is 4.47. The van der Waals surface area contributed by atoms with Crippen molar-refractivity contribution in [1.82, 2.24) is 5.32 Å². The Morgan fingerprint density at radius 1 is 1.14 bits per heavy atom. The predicted molar refractivity (Wildman–Crippen MR) is 102 cm³/mol. The van der Waals surface area contributed by atoms with Gasteiger partial charge < -0.3 is 15.2 Å². The van der Waals surface area contributed by atoms with Gasteiger partial charge in [-0.3, -0.25) is 4.79 Å². The number of ether oxygens (including phenoxy) is 1. The monoisotopic (exact) mass is 409 g/mol. The molecule has 0 radical (unpaired) electrons. The standard InChI is InChI=1S/C21H22ClF2NO3/c1-21(25-20(27)8-9-26)11-18(13-2-5-15(22)6-3-13)28-19(12-21)14-4-7-16(23)17(24)10-14/h2-7,10,18-19,26H,8-9,11-12H2,1H3,(H,25,27)/t18-,19+,21-/m0/s1. The Labute approximate surface area is 167 Å². The molecule has 1 saturated heterocycles. The second kappa shape index (κ2) is 8.55. The minimum Gasteiger partial charge on any atom is -0.396 e. The SMILES string of the molecule is C[C@]1(NC(=O)CCO)C[C@@H](c2ccc(Cl)cc2)O[C@@H](c2ccc(F)c(F)c2)C1. The average molecular weight is 410 g/mol. The number of hydrogen-bond donors (Lipinski definition) is 2. The van der Waals surface area contributed by atoms with E-state index in [1.165, 1.54) is 6.07 Å². The first-order valence-electron chi connectivity index (χ1n) is 9.07. The first kappa shape index (κ1) is 20.7. The highest BCUT2D eigenvalue weighted by Crippen LogP contribution is 2.44. The molecule has 0 aliphatic carbocycles. The first-order chi connectivity index (χ1) is 13.3. The average Bonchev–Trinajstić information content (AvgIpc) is 2.64. The zero-order valence-electron chi connectivity index (χ0n) is 15.4. The number of benzene rings is 2. The second-order valence-corrected chi connectivity index (χ2v) is 7.77. The molecule has 4 nitrogen and oxygen atoms in total. The largest absolute Gasteiger partial charge is 0.396 e. The summed E-state index contributed by atoms with van der Waals surface area (Å²) < 4.78 is 33.3. The van der Waals surface area contributed by atoms with E-state index in [1.54, 1.807) is 12.1 Å². The molecular formula is C21H22ClF2NO3. The van der Waals surface area contributed by atoms with Crippen LogP contribution in [-0.2, 0) is 9.53 Å². The molecule has 1 aliphatic rings. The van der Waals surface area contributed by atoms with Crippen LogP contribution in [0.1, 0.15) is 49.5 Å². The molecule has 7 heteroatoms. The quantitative estimate of drug-likeness (QED) is 0.766. The smallest absolute Gasteiger partial charge is 0.222 e. The number of hydrogen-bond acceptors (Lipinski definition) is 3. The van der Waals surface area contributed by atoms with Gasteiger partial charge in [0.15, 0.2) is 11.6 Å². The van der Waals surface area contributed by atoms with Gasteiger partial charge in [-0.25, -0.2) is 8.78 Å². The molecule has 1 amide bonds. The number of carbonyl (C=O) groups excluding carboxylic acids is 1. The molecule has 2 aromatic rings. The van der Waals surface area contributed by atoms with Gasteiger partial charge in [0.05, 0.1) is 18.8 Å². The van der Waals surface area contributed by atoms with Crippen molar-refractivity contribution in [2.24, 2.45) is 0 Å². The van der Waals surface area contributed by atoms with Crippen molar-refractivity contribution in [2.45, 2.75) is 43.9 Å². The zero-order valence-corrected chi connectivity index (χ0v) is 16.2. The molecule has 0 saturated carbocycles. The van der Waals surface area contributed by atoms with Gasteiger partial charge >= 0.3 is 0 Å². The first-order valence-corrected chi connectivity index (χ1v) is 9.45. The summed E-state index contributed by atoms with van der Waals surface area (Å²) in [5, 5.41) is 12.6. The third kappa shape index (κ3) is 4.87. The van der Waals surface area contributed by atoms with Crippen molar-refractivity contribution >= 4 is 17.5 Å². The maximum atomic E-state index is 13.8. The number of carbonyl (C=O) groups is 1. The molecular weight excluding hydrogens is 388 g/mol. The molecule has 1 fully saturated rings. The number of rotatable bonds is 5. The molecule has 0 bridgehead atoms. The van der Waals surface area contributed by atoms with Crippen LogP contribution in [0.5, 0.6) is 0 Å². The van der Waals surface area contributed by atoms with Crippen molar-refractivity contribution in [1.29, 1.82) is 0 Å². The minimum absolute atomic E-state index is 0.00208. The fourth-order valence-electron chi connectivity index (χ4n) is 3.58. The van der Waals surface area contributed by atoms with Crippen LogP contribution in [0, 0.1) is 11.6 Å². The molecule has 2 aromatic carbocycles. The Balaban J connectivity index is 1.91. The second-order valence-electron chi connectivity index (χ2n) is 7.33. The van der Waals surface area contributed by atoms with E-state index in [4.69, 9.17) is 21.4 Å². The van der Waals surface area contributed by atoms with Crippen LogP contribution in [0.3, 0.4) is 0 Å². The van der Waals surface area contributed by atoms with Gasteiger partial charge in [-0.15, -0.1) is 0 Å². The van der Waals surface area contributed by atoms with Crippen LogP contribution in [0.4, 0.5) is 8.78 Å². The van der Waals surface area contributed by atoms with E-state index in [-0.39, 0.29) is 25.0 Å². The molecule has 0 unspecified atom stereocenters. The van der Waals surface area contributed by atoms with E-state index in [0.29, 0.717) is 23.4 Å². The minimum atomic E-state index is -0.944. The molecule has 1 aliphatic heterocycles. The highest BCUT2D eigenvalue weighted by atomic mass is 35.5. The van der Waals surface area contributed by atoms with Crippen LogP contribution in [0.2, 0.25) is 5.02 Å². The lowest BCUT2D eigenvalue weighted by atomic mass is 9.81. The van der Waals surface area contributed by atoms with Gasteiger partial charge in [-0.1, -0.05) is 29.8 Å². The van der Waals surface area contributed by atoms with E-state index < -0.39 is 23.3 Å². The summed E-state index contributed by atoms with van der Waals surface area (Å²) in [6.07, 6.45) is -0.0315. The van der Waals surface area contributed by atoms with Crippen molar-refractivity contribution in [3.8, 4) is 0 Å². The van der Waals surface area contributed by atoms with Crippen LogP contribution < -0.4 is 5.32 Å². The van der Waals surface area contributed by atoms with E-state index in [1.807, 2.05) is 19.1 Å².